The maximum Gasteiger partial charge on any atom is 0.308 e. The molecule has 1 aliphatic rings. The Morgan fingerprint density at radius 1 is 1.39 bits per heavy atom. The molecule has 0 aliphatic carbocycles. The first kappa shape index (κ1) is 15.8. The molecule has 0 spiro atoms. The van der Waals surface area contributed by atoms with Crippen molar-refractivity contribution in [3.8, 4) is 5.75 Å². The van der Waals surface area contributed by atoms with E-state index in [1.165, 1.54) is 11.3 Å². The summed E-state index contributed by atoms with van der Waals surface area (Å²) < 4.78 is 6.29. The maximum absolute atomic E-state index is 12.8. The second-order valence-electron chi connectivity index (χ2n) is 5.85. The van der Waals surface area contributed by atoms with Crippen LogP contribution in [0.3, 0.4) is 0 Å². The highest BCUT2D eigenvalue weighted by molar-refractivity contribution is 7.21. The molecule has 0 saturated carbocycles. The molecule has 1 N–H and O–H groups in total. The molecule has 0 radical (unpaired) electrons. The molecule has 1 atom stereocenters. The molecule has 23 heavy (non-hydrogen) atoms. The van der Waals surface area contributed by atoms with Gasteiger partial charge in [-0.25, -0.2) is 0 Å². The molecule has 1 fully saturated rings. The van der Waals surface area contributed by atoms with Gasteiger partial charge in [0.25, 0.3) is 5.91 Å². The number of carboxylic acids is 1. The van der Waals surface area contributed by atoms with Crippen molar-refractivity contribution < 1.29 is 19.4 Å². The summed E-state index contributed by atoms with van der Waals surface area (Å²) in [4.78, 5) is 26.4. The normalized spacial score (nSPS) is 18.2. The largest absolute Gasteiger partial charge is 0.497 e. The van der Waals surface area contributed by atoms with Crippen LogP contribution in [0.2, 0.25) is 0 Å². The number of piperidine rings is 1. The highest BCUT2D eigenvalue weighted by Crippen LogP contribution is 2.34. The molecule has 1 aliphatic heterocycles. The lowest BCUT2D eigenvalue weighted by Gasteiger charge is -2.30. The molecule has 5 nitrogen and oxygen atoms in total. The van der Waals surface area contributed by atoms with Gasteiger partial charge >= 0.3 is 5.97 Å². The molecule has 1 aromatic carbocycles. The first-order valence-electron chi connectivity index (χ1n) is 7.60. The van der Waals surface area contributed by atoms with Gasteiger partial charge in [0.2, 0.25) is 0 Å². The van der Waals surface area contributed by atoms with Gasteiger partial charge in [0, 0.05) is 17.8 Å². The number of carboxylic acid groups (broad SMARTS) is 1. The minimum Gasteiger partial charge on any atom is -0.497 e. The Morgan fingerprint density at radius 2 is 2.17 bits per heavy atom. The van der Waals surface area contributed by atoms with Gasteiger partial charge in [-0.3, -0.25) is 9.59 Å². The number of ether oxygens (including phenoxy) is 1. The fourth-order valence-electron chi connectivity index (χ4n) is 3.04. The Balaban J connectivity index is 1.91. The van der Waals surface area contributed by atoms with Gasteiger partial charge in [0.1, 0.15) is 5.75 Å². The third-order valence-electron chi connectivity index (χ3n) is 4.40. The zero-order chi connectivity index (χ0) is 16.6. The quantitative estimate of drug-likeness (QED) is 0.937. The van der Waals surface area contributed by atoms with Gasteiger partial charge in [-0.1, -0.05) is 0 Å². The number of fused-ring (bicyclic) bond motifs is 1. The van der Waals surface area contributed by atoms with Crippen LogP contribution in [0.5, 0.6) is 5.75 Å². The van der Waals surface area contributed by atoms with Crippen LogP contribution in [-0.2, 0) is 4.79 Å². The van der Waals surface area contributed by atoms with Crippen LogP contribution in [-0.4, -0.2) is 42.1 Å². The van der Waals surface area contributed by atoms with Crippen LogP contribution in [0.4, 0.5) is 0 Å². The number of aryl methyl sites for hydroxylation is 1. The number of aliphatic carboxylic acids is 1. The number of carbonyl (C=O) groups excluding carboxylic acids is 1. The highest BCUT2D eigenvalue weighted by Gasteiger charge is 2.30. The summed E-state index contributed by atoms with van der Waals surface area (Å²) in [5.41, 5.74) is 0.936. The first-order valence-corrected chi connectivity index (χ1v) is 8.42. The average Bonchev–Trinajstić information content (AvgIpc) is 2.90. The molecule has 1 amide bonds. The van der Waals surface area contributed by atoms with E-state index in [2.05, 4.69) is 0 Å². The molecule has 2 aromatic rings. The molecule has 6 heteroatoms. The zero-order valence-corrected chi connectivity index (χ0v) is 14.0. The van der Waals surface area contributed by atoms with Crippen molar-refractivity contribution in [1.82, 2.24) is 4.90 Å². The van der Waals surface area contributed by atoms with Crippen molar-refractivity contribution in [2.45, 2.75) is 19.8 Å². The van der Waals surface area contributed by atoms with E-state index in [-0.39, 0.29) is 5.91 Å². The highest BCUT2D eigenvalue weighted by atomic mass is 32.1. The van der Waals surface area contributed by atoms with Gasteiger partial charge in [-0.2, -0.15) is 0 Å². The van der Waals surface area contributed by atoms with Crippen LogP contribution in [0, 0.1) is 12.8 Å². The van der Waals surface area contributed by atoms with E-state index in [4.69, 9.17) is 4.74 Å². The second-order valence-corrected chi connectivity index (χ2v) is 6.90. The van der Waals surface area contributed by atoms with Gasteiger partial charge in [-0.15, -0.1) is 11.3 Å². The van der Waals surface area contributed by atoms with E-state index >= 15 is 0 Å². The third kappa shape index (κ3) is 2.91. The lowest BCUT2D eigenvalue weighted by molar-refractivity contribution is -0.143. The van der Waals surface area contributed by atoms with Crippen molar-refractivity contribution >= 4 is 33.3 Å². The smallest absolute Gasteiger partial charge is 0.308 e. The Kier molecular flexibility index (Phi) is 4.26. The lowest BCUT2D eigenvalue weighted by atomic mass is 9.98. The molecule has 1 aromatic heterocycles. The van der Waals surface area contributed by atoms with Crippen molar-refractivity contribution in [2.24, 2.45) is 5.92 Å². The Morgan fingerprint density at radius 3 is 2.87 bits per heavy atom. The number of amides is 1. The summed E-state index contributed by atoms with van der Waals surface area (Å²) in [5.74, 6) is -0.572. The van der Waals surface area contributed by atoms with E-state index in [0.29, 0.717) is 24.4 Å². The van der Waals surface area contributed by atoms with Crippen molar-refractivity contribution in [3.05, 3.63) is 28.6 Å². The second kappa shape index (κ2) is 6.20. The van der Waals surface area contributed by atoms with Gasteiger partial charge < -0.3 is 14.7 Å². The summed E-state index contributed by atoms with van der Waals surface area (Å²) in [6, 6.07) is 5.78. The zero-order valence-electron chi connectivity index (χ0n) is 13.2. The maximum atomic E-state index is 12.8. The standard InChI is InChI=1S/C17H19NO4S/c1-10-13-8-12(22-2)5-6-14(13)23-15(10)16(19)18-7-3-4-11(9-18)17(20)21/h5-6,8,11H,3-4,7,9H2,1-2H3,(H,20,21)/t11-/m0/s1. The Bertz CT molecular complexity index is 767. The Labute approximate surface area is 138 Å². The first-order chi connectivity index (χ1) is 11.0. The van der Waals surface area contributed by atoms with E-state index in [9.17, 15) is 14.7 Å². The summed E-state index contributed by atoms with van der Waals surface area (Å²) >= 11 is 1.46. The number of likely N-dealkylation sites (tertiary alicyclic amines) is 1. The molecule has 0 unspecified atom stereocenters. The fourth-order valence-corrected chi connectivity index (χ4v) is 4.20. The number of hydrogen-bond donors (Lipinski definition) is 1. The van der Waals surface area contributed by atoms with E-state index in [1.807, 2.05) is 25.1 Å². The summed E-state index contributed by atoms with van der Waals surface area (Å²) in [5, 5.41) is 10.2. The van der Waals surface area contributed by atoms with Crippen LogP contribution >= 0.6 is 11.3 Å². The summed E-state index contributed by atoms with van der Waals surface area (Å²) in [6.45, 7) is 2.86. The van der Waals surface area contributed by atoms with Crippen molar-refractivity contribution in [3.63, 3.8) is 0 Å². The SMILES string of the molecule is COc1ccc2sc(C(=O)N3CCC[C@H](C(=O)O)C3)c(C)c2c1. The van der Waals surface area contributed by atoms with E-state index < -0.39 is 11.9 Å². The molecular weight excluding hydrogens is 314 g/mol. The van der Waals surface area contributed by atoms with Crippen molar-refractivity contribution in [1.29, 1.82) is 0 Å². The third-order valence-corrected chi connectivity index (χ3v) is 5.66. The van der Waals surface area contributed by atoms with Crippen molar-refractivity contribution in [2.75, 3.05) is 20.2 Å². The van der Waals surface area contributed by atoms with Gasteiger partial charge in [-0.05, 0) is 48.9 Å². The molecule has 122 valence electrons. The number of methoxy groups -OCH3 is 1. The minimum absolute atomic E-state index is 0.0615. The molecule has 3 rings (SSSR count). The fraction of sp³-hybridized carbons (Fsp3) is 0.412. The molecule has 0 bridgehead atoms. The number of benzene rings is 1. The van der Waals surface area contributed by atoms with E-state index in [0.717, 1.165) is 27.8 Å². The molecule has 2 heterocycles. The number of carbonyl (C=O) groups is 2. The minimum atomic E-state index is -0.819. The topological polar surface area (TPSA) is 66.8 Å². The number of thiophene rings is 1. The van der Waals surface area contributed by atoms with Gasteiger partial charge in [0.05, 0.1) is 17.9 Å². The van der Waals surface area contributed by atoms with Crippen LogP contribution in [0.25, 0.3) is 10.1 Å². The predicted octanol–water partition coefficient (Wildman–Crippen LogP) is 3.16. The van der Waals surface area contributed by atoms with Crippen LogP contribution < -0.4 is 4.74 Å². The van der Waals surface area contributed by atoms with Gasteiger partial charge in [0.15, 0.2) is 0 Å². The summed E-state index contributed by atoms with van der Waals surface area (Å²) in [7, 11) is 1.62. The van der Waals surface area contributed by atoms with Crippen LogP contribution in [0.15, 0.2) is 18.2 Å². The number of nitrogens with zero attached hydrogens (tertiary/aromatic N) is 1. The molecular formula is C17H19NO4S. The predicted molar refractivity (Wildman–Crippen MR) is 89.4 cm³/mol. The average molecular weight is 333 g/mol. The van der Waals surface area contributed by atoms with E-state index in [1.54, 1.807) is 12.0 Å². The molecule has 1 saturated heterocycles. The monoisotopic (exact) mass is 333 g/mol. The lowest BCUT2D eigenvalue weighted by Crippen LogP contribution is -2.42. The number of rotatable bonds is 3. The summed E-state index contributed by atoms with van der Waals surface area (Å²) in [6.07, 6.45) is 1.38. The Hall–Kier alpha value is -2.08. The number of hydrogen-bond acceptors (Lipinski definition) is 4. The van der Waals surface area contributed by atoms with Crippen LogP contribution in [0.1, 0.15) is 28.1 Å².